The Bertz CT molecular complexity index is 1550. The summed E-state index contributed by atoms with van der Waals surface area (Å²) in [5.74, 6) is 0.0906. The smallest absolute Gasteiger partial charge is 0.261 e. The summed E-state index contributed by atoms with van der Waals surface area (Å²) >= 11 is 0. The van der Waals surface area contributed by atoms with Gasteiger partial charge in [0.15, 0.2) is 0 Å². The van der Waals surface area contributed by atoms with E-state index in [2.05, 4.69) is 15.4 Å². The van der Waals surface area contributed by atoms with E-state index in [0.717, 1.165) is 0 Å². The third-order valence-corrected chi connectivity index (χ3v) is 6.86. The average Bonchev–Trinajstić information content (AvgIpc) is 3.16. The lowest BCUT2D eigenvalue weighted by molar-refractivity contribution is 0.102. The molecule has 170 valence electrons. The van der Waals surface area contributed by atoms with Gasteiger partial charge in [0.05, 0.1) is 17.7 Å². The Morgan fingerprint density at radius 2 is 1.62 bits per heavy atom. The maximum absolute atomic E-state index is 13.0. The monoisotopic (exact) mass is 473 g/mol. The van der Waals surface area contributed by atoms with Crippen LogP contribution in [0.4, 0.5) is 17.1 Å². The molecule has 0 aliphatic carbocycles. The van der Waals surface area contributed by atoms with E-state index in [9.17, 15) is 18.0 Å². The third-order valence-electron chi connectivity index (χ3n) is 5.50. The highest BCUT2D eigenvalue weighted by molar-refractivity contribution is 7.92. The van der Waals surface area contributed by atoms with E-state index in [4.69, 9.17) is 4.74 Å². The van der Waals surface area contributed by atoms with E-state index in [1.165, 1.54) is 36.4 Å². The summed E-state index contributed by atoms with van der Waals surface area (Å²) in [6, 6.07) is 21.2. The number of benzene rings is 4. The predicted molar refractivity (Wildman–Crippen MR) is 130 cm³/mol. The molecule has 5 rings (SSSR count). The number of nitrogens with one attached hydrogen (secondary N) is 3. The zero-order valence-corrected chi connectivity index (χ0v) is 18.8. The van der Waals surface area contributed by atoms with Crippen molar-refractivity contribution in [3.8, 4) is 5.75 Å². The van der Waals surface area contributed by atoms with Gasteiger partial charge in [0.1, 0.15) is 5.75 Å². The fourth-order valence-electron chi connectivity index (χ4n) is 3.81. The molecule has 0 atom stereocenters. The van der Waals surface area contributed by atoms with Crippen LogP contribution in [0.2, 0.25) is 0 Å². The maximum Gasteiger partial charge on any atom is 0.261 e. The number of carbonyl (C=O) groups excluding carboxylic acids is 2. The number of ether oxygens (including phenoxy) is 1. The third kappa shape index (κ3) is 3.93. The van der Waals surface area contributed by atoms with Crippen molar-refractivity contribution in [3.63, 3.8) is 0 Å². The highest BCUT2D eigenvalue weighted by Gasteiger charge is 2.25. The molecule has 1 aliphatic heterocycles. The van der Waals surface area contributed by atoms with Gasteiger partial charge in [0.2, 0.25) is 0 Å². The summed E-state index contributed by atoms with van der Waals surface area (Å²) in [5.41, 5.74) is 2.26. The first-order valence-electron chi connectivity index (χ1n) is 10.3. The molecule has 0 radical (unpaired) electrons. The van der Waals surface area contributed by atoms with Crippen molar-refractivity contribution in [1.29, 1.82) is 0 Å². The summed E-state index contributed by atoms with van der Waals surface area (Å²) < 4.78 is 33.6. The second kappa shape index (κ2) is 8.20. The van der Waals surface area contributed by atoms with Crippen LogP contribution in [0.5, 0.6) is 5.75 Å². The molecule has 0 bridgehead atoms. The van der Waals surface area contributed by atoms with Gasteiger partial charge >= 0.3 is 0 Å². The first-order valence-corrected chi connectivity index (χ1v) is 11.8. The highest BCUT2D eigenvalue weighted by atomic mass is 32.2. The van der Waals surface area contributed by atoms with Crippen LogP contribution in [0.3, 0.4) is 0 Å². The molecule has 4 aromatic carbocycles. The molecule has 1 heterocycles. The van der Waals surface area contributed by atoms with Gasteiger partial charge in [0, 0.05) is 27.9 Å². The Morgan fingerprint density at radius 3 is 2.32 bits per heavy atom. The summed E-state index contributed by atoms with van der Waals surface area (Å²) in [6.07, 6.45) is 0. The average molecular weight is 474 g/mol. The minimum atomic E-state index is -3.93. The molecule has 0 spiro atoms. The summed E-state index contributed by atoms with van der Waals surface area (Å²) in [5, 5.41) is 6.84. The molecule has 0 aromatic heterocycles. The van der Waals surface area contributed by atoms with Gasteiger partial charge in [-0.15, -0.1) is 0 Å². The number of rotatable bonds is 6. The molecular weight excluding hydrogens is 454 g/mol. The van der Waals surface area contributed by atoms with Crippen LogP contribution >= 0.6 is 0 Å². The maximum atomic E-state index is 13.0. The van der Waals surface area contributed by atoms with Crippen molar-refractivity contribution in [2.24, 2.45) is 0 Å². The molecular formula is C25H19N3O5S. The van der Waals surface area contributed by atoms with E-state index in [-0.39, 0.29) is 16.7 Å². The molecule has 1 aliphatic rings. The van der Waals surface area contributed by atoms with Gasteiger partial charge in [-0.1, -0.05) is 12.1 Å². The predicted octanol–water partition coefficient (Wildman–Crippen LogP) is 4.47. The van der Waals surface area contributed by atoms with Crippen molar-refractivity contribution >= 4 is 49.7 Å². The minimum absolute atomic E-state index is 0.0238. The number of carbonyl (C=O) groups is 2. The SMILES string of the molecule is COc1ccc(NC(=O)c2ccc(NS(=O)(=O)c3cc4c5c(cccc5c3)C(=O)N4)cc2)cc1. The number of anilines is 3. The van der Waals surface area contributed by atoms with E-state index >= 15 is 0 Å². The number of hydrogen-bond acceptors (Lipinski definition) is 5. The Morgan fingerprint density at radius 1 is 0.912 bits per heavy atom. The summed E-state index contributed by atoms with van der Waals surface area (Å²) in [6.45, 7) is 0. The number of methoxy groups -OCH3 is 1. The second-order valence-corrected chi connectivity index (χ2v) is 9.38. The van der Waals surface area contributed by atoms with E-state index in [1.54, 1.807) is 49.6 Å². The quantitative estimate of drug-likeness (QED) is 0.382. The lowest BCUT2D eigenvalue weighted by Gasteiger charge is -2.11. The molecule has 0 saturated carbocycles. The van der Waals surface area contributed by atoms with Gasteiger partial charge in [0.25, 0.3) is 21.8 Å². The molecule has 0 fully saturated rings. The van der Waals surface area contributed by atoms with Crippen molar-refractivity contribution in [2.45, 2.75) is 4.90 Å². The van der Waals surface area contributed by atoms with E-state index in [1.807, 2.05) is 0 Å². The van der Waals surface area contributed by atoms with Gasteiger partial charge < -0.3 is 15.4 Å². The van der Waals surface area contributed by atoms with Crippen molar-refractivity contribution < 1.29 is 22.7 Å². The summed E-state index contributed by atoms with van der Waals surface area (Å²) in [7, 11) is -2.37. The fraction of sp³-hybridized carbons (Fsp3) is 0.0400. The van der Waals surface area contributed by atoms with Gasteiger partial charge in [-0.05, 0) is 72.1 Å². The molecule has 8 nitrogen and oxygen atoms in total. The lowest BCUT2D eigenvalue weighted by atomic mass is 10.1. The van der Waals surface area contributed by atoms with Crippen LogP contribution in [0, 0.1) is 0 Å². The van der Waals surface area contributed by atoms with Crippen LogP contribution in [0.25, 0.3) is 10.8 Å². The van der Waals surface area contributed by atoms with Crippen LogP contribution < -0.4 is 20.1 Å². The van der Waals surface area contributed by atoms with Crippen LogP contribution in [-0.4, -0.2) is 27.3 Å². The second-order valence-electron chi connectivity index (χ2n) is 7.69. The van der Waals surface area contributed by atoms with Crippen molar-refractivity contribution in [2.75, 3.05) is 22.5 Å². The first kappa shape index (κ1) is 21.5. The largest absolute Gasteiger partial charge is 0.497 e. The standard InChI is InChI=1S/C25H19N3O5S/c1-33-19-11-9-17(10-12-19)26-24(29)15-5-7-18(8-6-15)28-34(31,32)20-13-16-3-2-4-21-23(16)22(14-20)27-25(21)30/h2-14,28H,1H3,(H,26,29)(H,27,30). The van der Waals surface area contributed by atoms with Gasteiger partial charge in [-0.3, -0.25) is 14.3 Å². The number of amides is 2. The van der Waals surface area contributed by atoms with E-state index < -0.39 is 10.0 Å². The zero-order valence-electron chi connectivity index (χ0n) is 18.0. The Kier molecular flexibility index (Phi) is 5.18. The molecule has 9 heteroatoms. The summed E-state index contributed by atoms with van der Waals surface area (Å²) in [4.78, 5) is 24.6. The highest BCUT2D eigenvalue weighted by Crippen LogP contribution is 2.35. The molecule has 4 aromatic rings. The van der Waals surface area contributed by atoms with E-state index in [0.29, 0.717) is 44.7 Å². The molecule has 0 unspecified atom stereocenters. The number of sulfonamides is 1. The zero-order chi connectivity index (χ0) is 23.9. The van der Waals surface area contributed by atoms with Crippen molar-refractivity contribution in [1.82, 2.24) is 0 Å². The first-order chi connectivity index (χ1) is 16.3. The van der Waals surface area contributed by atoms with Crippen LogP contribution in [0.1, 0.15) is 20.7 Å². The normalized spacial score (nSPS) is 12.3. The Labute approximate surface area is 195 Å². The molecule has 3 N–H and O–H groups in total. The topological polar surface area (TPSA) is 114 Å². The van der Waals surface area contributed by atoms with Crippen molar-refractivity contribution in [3.05, 3.63) is 90.0 Å². The minimum Gasteiger partial charge on any atom is -0.497 e. The van der Waals surface area contributed by atoms with Crippen LogP contribution in [-0.2, 0) is 10.0 Å². The van der Waals surface area contributed by atoms with Gasteiger partial charge in [-0.25, -0.2) is 8.42 Å². The molecule has 2 amide bonds. The lowest BCUT2D eigenvalue weighted by Crippen LogP contribution is -2.14. The molecule has 0 saturated heterocycles. The Hall–Kier alpha value is -4.37. The van der Waals surface area contributed by atoms with Gasteiger partial charge in [-0.2, -0.15) is 0 Å². The van der Waals surface area contributed by atoms with Crippen LogP contribution in [0.15, 0.2) is 83.8 Å². The number of hydrogen-bond donors (Lipinski definition) is 3. The molecule has 34 heavy (non-hydrogen) atoms. The Balaban J connectivity index is 1.34. The fourth-order valence-corrected chi connectivity index (χ4v) is 4.93.